The van der Waals surface area contributed by atoms with E-state index in [2.05, 4.69) is 0 Å². The molecule has 2 aromatic rings. The fourth-order valence-corrected chi connectivity index (χ4v) is 2.42. The Labute approximate surface area is 115 Å². The Kier molecular flexibility index (Phi) is 3.64. The van der Waals surface area contributed by atoms with Gasteiger partial charge in [0.15, 0.2) is 0 Å². The first-order valence-electron chi connectivity index (χ1n) is 4.91. The highest BCUT2D eigenvalue weighted by atomic mass is 35.5. The van der Waals surface area contributed by atoms with Gasteiger partial charge in [-0.15, -0.1) is 0 Å². The molecule has 0 saturated heterocycles. The van der Waals surface area contributed by atoms with Crippen LogP contribution in [0.15, 0.2) is 47.4 Å². The molecule has 0 saturated carbocycles. The van der Waals surface area contributed by atoms with Crippen molar-refractivity contribution in [2.24, 2.45) is 0 Å². The smallest absolute Gasteiger partial charge is 0.282 e. The van der Waals surface area contributed by atoms with Gasteiger partial charge >= 0.3 is 0 Å². The second-order valence-corrected chi connectivity index (χ2v) is 5.81. The first-order valence-corrected chi connectivity index (χ1v) is 7.11. The Balaban J connectivity index is 2.50. The van der Waals surface area contributed by atoms with Crippen molar-refractivity contribution in [3.8, 4) is 11.1 Å². The summed E-state index contributed by atoms with van der Waals surface area (Å²) < 4.78 is 30.7. The monoisotopic (exact) mass is 302 g/mol. The van der Waals surface area contributed by atoms with Crippen LogP contribution in [0, 0.1) is 0 Å². The van der Waals surface area contributed by atoms with Gasteiger partial charge in [-0.05, 0) is 23.8 Å². The third-order valence-electron chi connectivity index (χ3n) is 2.41. The summed E-state index contributed by atoms with van der Waals surface area (Å²) >= 11 is 12.0. The zero-order valence-electron chi connectivity index (χ0n) is 8.97. The second kappa shape index (κ2) is 4.90. The largest absolute Gasteiger partial charge is 0.294 e. The van der Waals surface area contributed by atoms with Crippen LogP contribution in [-0.4, -0.2) is 13.0 Å². The molecule has 0 atom stereocenters. The van der Waals surface area contributed by atoms with Crippen molar-refractivity contribution >= 4 is 33.3 Å². The summed E-state index contributed by atoms with van der Waals surface area (Å²) in [6, 6.07) is 10.9. The van der Waals surface area contributed by atoms with Crippen molar-refractivity contribution in [1.82, 2.24) is 0 Å². The predicted molar refractivity (Wildman–Crippen MR) is 71.7 cm³/mol. The second-order valence-electron chi connectivity index (χ2n) is 3.60. The van der Waals surface area contributed by atoms with Gasteiger partial charge in [-0.2, -0.15) is 8.42 Å². The maximum atomic E-state index is 10.9. The fraction of sp³-hybridized carbons (Fsp3) is 0. The minimum Gasteiger partial charge on any atom is -0.282 e. The van der Waals surface area contributed by atoms with Gasteiger partial charge in [0.05, 0.1) is 14.9 Å². The molecule has 0 heterocycles. The van der Waals surface area contributed by atoms with Crippen molar-refractivity contribution in [3.05, 3.63) is 52.5 Å². The van der Waals surface area contributed by atoms with E-state index in [-0.39, 0.29) is 4.90 Å². The molecule has 0 fully saturated rings. The van der Waals surface area contributed by atoms with Gasteiger partial charge in [0.2, 0.25) is 0 Å². The van der Waals surface area contributed by atoms with Crippen LogP contribution >= 0.6 is 23.2 Å². The lowest BCUT2D eigenvalue weighted by atomic mass is 10.1. The minimum absolute atomic E-state index is 0.163. The zero-order chi connectivity index (χ0) is 13.3. The average molecular weight is 303 g/mol. The molecule has 0 bridgehead atoms. The van der Waals surface area contributed by atoms with E-state index >= 15 is 0 Å². The van der Waals surface area contributed by atoms with Gasteiger partial charge in [0.1, 0.15) is 0 Å². The van der Waals surface area contributed by atoms with Crippen LogP contribution in [0.1, 0.15) is 0 Å². The molecule has 2 aromatic carbocycles. The molecule has 0 aromatic heterocycles. The molecule has 0 aliphatic heterocycles. The first kappa shape index (κ1) is 13.4. The Morgan fingerprint density at radius 2 is 1.56 bits per heavy atom. The van der Waals surface area contributed by atoms with Crippen LogP contribution < -0.4 is 0 Å². The van der Waals surface area contributed by atoms with Crippen LogP contribution in [0.2, 0.25) is 10.0 Å². The molecule has 1 N–H and O–H groups in total. The van der Waals surface area contributed by atoms with Gasteiger partial charge in [0, 0.05) is 5.56 Å². The summed E-state index contributed by atoms with van der Waals surface area (Å²) in [5, 5.41) is 0.826. The lowest BCUT2D eigenvalue weighted by Crippen LogP contribution is -1.97. The van der Waals surface area contributed by atoms with Gasteiger partial charge in [-0.1, -0.05) is 47.5 Å². The van der Waals surface area contributed by atoms with Crippen molar-refractivity contribution in [1.29, 1.82) is 0 Å². The maximum absolute atomic E-state index is 10.9. The molecule has 2 rings (SSSR count). The van der Waals surface area contributed by atoms with E-state index in [1.165, 1.54) is 12.1 Å². The summed E-state index contributed by atoms with van der Waals surface area (Å²) in [7, 11) is -4.18. The van der Waals surface area contributed by atoms with Crippen molar-refractivity contribution in [2.45, 2.75) is 4.90 Å². The van der Waals surface area contributed by atoms with Gasteiger partial charge in [0.25, 0.3) is 10.1 Å². The maximum Gasteiger partial charge on any atom is 0.294 e. The van der Waals surface area contributed by atoms with Gasteiger partial charge in [-0.25, -0.2) is 0 Å². The Bertz CT molecular complexity index is 679. The molecular weight excluding hydrogens is 295 g/mol. The first-order chi connectivity index (χ1) is 8.39. The molecule has 0 radical (unpaired) electrons. The van der Waals surface area contributed by atoms with Crippen molar-refractivity contribution in [2.75, 3.05) is 0 Å². The highest BCUT2D eigenvalue weighted by Crippen LogP contribution is 2.33. The molecule has 18 heavy (non-hydrogen) atoms. The predicted octanol–water partition coefficient (Wildman–Crippen LogP) is 3.91. The van der Waals surface area contributed by atoms with Gasteiger partial charge < -0.3 is 0 Å². The molecule has 0 amide bonds. The number of hydrogen-bond acceptors (Lipinski definition) is 2. The van der Waals surface area contributed by atoms with Crippen molar-refractivity contribution in [3.63, 3.8) is 0 Å². The normalized spacial score (nSPS) is 11.5. The lowest BCUT2D eigenvalue weighted by Gasteiger charge is -2.06. The standard InChI is InChI=1S/C12H8Cl2O3S/c13-11-3-1-2-10(12(11)14)8-4-6-9(7-5-8)18(15,16)17/h1-7H,(H,15,16,17). The molecule has 0 unspecified atom stereocenters. The molecular formula is C12H8Cl2O3S. The Morgan fingerprint density at radius 3 is 2.11 bits per heavy atom. The lowest BCUT2D eigenvalue weighted by molar-refractivity contribution is 0.483. The molecule has 6 heteroatoms. The molecule has 94 valence electrons. The van der Waals surface area contributed by atoms with Gasteiger partial charge in [-0.3, -0.25) is 4.55 Å². The fourth-order valence-electron chi connectivity index (χ4n) is 1.53. The van der Waals surface area contributed by atoms with Crippen LogP contribution in [0.4, 0.5) is 0 Å². The molecule has 0 aliphatic rings. The average Bonchev–Trinajstić information content (AvgIpc) is 2.32. The highest BCUT2D eigenvalue weighted by Gasteiger charge is 2.11. The molecule has 0 spiro atoms. The SMILES string of the molecule is O=S(=O)(O)c1ccc(-c2cccc(Cl)c2Cl)cc1. The van der Waals surface area contributed by atoms with Crippen molar-refractivity contribution < 1.29 is 13.0 Å². The highest BCUT2D eigenvalue weighted by molar-refractivity contribution is 7.85. The number of benzene rings is 2. The van der Waals surface area contributed by atoms with E-state index in [0.717, 1.165) is 5.56 Å². The summed E-state index contributed by atoms with van der Waals surface area (Å²) in [6.07, 6.45) is 0. The quantitative estimate of drug-likeness (QED) is 0.856. The van der Waals surface area contributed by atoms with Crippen LogP contribution in [-0.2, 0) is 10.1 Å². The Hall–Kier alpha value is -1.07. The minimum atomic E-state index is -4.18. The van der Waals surface area contributed by atoms with E-state index in [0.29, 0.717) is 15.6 Å². The van der Waals surface area contributed by atoms with Crippen LogP contribution in [0.25, 0.3) is 11.1 Å². The molecule has 0 aliphatic carbocycles. The molecule has 3 nitrogen and oxygen atoms in total. The van der Waals surface area contributed by atoms with Crippen LogP contribution in [0.5, 0.6) is 0 Å². The summed E-state index contributed by atoms with van der Waals surface area (Å²) in [6.45, 7) is 0. The van der Waals surface area contributed by atoms with E-state index in [1.807, 2.05) is 0 Å². The summed E-state index contributed by atoms with van der Waals surface area (Å²) in [4.78, 5) is -0.163. The van der Waals surface area contributed by atoms with Crippen LogP contribution in [0.3, 0.4) is 0 Å². The number of hydrogen-bond donors (Lipinski definition) is 1. The van der Waals surface area contributed by atoms with E-state index in [4.69, 9.17) is 27.8 Å². The third kappa shape index (κ3) is 2.67. The zero-order valence-corrected chi connectivity index (χ0v) is 11.3. The Morgan fingerprint density at radius 1 is 0.944 bits per heavy atom. The number of rotatable bonds is 2. The van der Waals surface area contributed by atoms with E-state index in [9.17, 15) is 8.42 Å². The van der Waals surface area contributed by atoms with E-state index in [1.54, 1.807) is 30.3 Å². The third-order valence-corrected chi connectivity index (χ3v) is 4.10. The topological polar surface area (TPSA) is 54.4 Å². The number of halogens is 2. The summed E-state index contributed by atoms with van der Waals surface area (Å²) in [5.74, 6) is 0. The summed E-state index contributed by atoms with van der Waals surface area (Å²) in [5.41, 5.74) is 1.42. The van der Waals surface area contributed by atoms with E-state index < -0.39 is 10.1 Å².